The SMILES string of the molecule is OC(C1=CCCC(F)=C1)C(F)(F)F. The van der Waals surface area contributed by atoms with Crippen LogP contribution in [0.1, 0.15) is 12.8 Å². The molecule has 0 aliphatic heterocycles. The number of hydrogen-bond donors (Lipinski definition) is 1. The summed E-state index contributed by atoms with van der Waals surface area (Å²) < 4.78 is 48.3. The van der Waals surface area contributed by atoms with Crippen LogP contribution in [0.4, 0.5) is 17.6 Å². The summed E-state index contributed by atoms with van der Waals surface area (Å²) in [6.07, 6.45) is -5.06. The predicted octanol–water partition coefficient (Wildman–Crippen LogP) is 2.48. The van der Waals surface area contributed by atoms with Crippen LogP contribution in [0.25, 0.3) is 0 Å². The molecule has 0 radical (unpaired) electrons. The molecular formula is C8H8F4O. The first kappa shape index (κ1) is 10.2. The molecule has 0 heterocycles. The number of aliphatic hydroxyl groups is 1. The van der Waals surface area contributed by atoms with Crippen LogP contribution >= 0.6 is 0 Å². The van der Waals surface area contributed by atoms with Crippen molar-refractivity contribution in [1.82, 2.24) is 0 Å². The van der Waals surface area contributed by atoms with E-state index in [1.165, 1.54) is 6.08 Å². The lowest BCUT2D eigenvalue weighted by Crippen LogP contribution is -2.30. The van der Waals surface area contributed by atoms with Crippen LogP contribution in [0.5, 0.6) is 0 Å². The predicted molar refractivity (Wildman–Crippen MR) is 38.6 cm³/mol. The highest BCUT2D eigenvalue weighted by Gasteiger charge is 2.40. The van der Waals surface area contributed by atoms with E-state index in [-0.39, 0.29) is 12.8 Å². The van der Waals surface area contributed by atoms with Crippen molar-refractivity contribution >= 4 is 0 Å². The highest BCUT2D eigenvalue weighted by molar-refractivity contribution is 5.29. The molecule has 1 atom stereocenters. The van der Waals surface area contributed by atoms with Crippen molar-refractivity contribution < 1.29 is 22.7 Å². The molecule has 0 aromatic heterocycles. The maximum atomic E-state index is 12.5. The Morgan fingerprint density at radius 2 is 2.00 bits per heavy atom. The highest BCUT2D eigenvalue weighted by atomic mass is 19.4. The van der Waals surface area contributed by atoms with E-state index in [2.05, 4.69) is 0 Å². The zero-order valence-electron chi connectivity index (χ0n) is 6.61. The second-order valence-corrected chi connectivity index (χ2v) is 2.78. The van der Waals surface area contributed by atoms with Crippen LogP contribution < -0.4 is 0 Å². The molecule has 0 saturated carbocycles. The van der Waals surface area contributed by atoms with Gasteiger partial charge >= 0.3 is 6.18 Å². The van der Waals surface area contributed by atoms with Crippen molar-refractivity contribution in [1.29, 1.82) is 0 Å². The lowest BCUT2D eigenvalue weighted by molar-refractivity contribution is -0.190. The van der Waals surface area contributed by atoms with Crippen molar-refractivity contribution in [2.24, 2.45) is 0 Å². The number of halogens is 4. The van der Waals surface area contributed by atoms with Gasteiger partial charge in [0.05, 0.1) is 0 Å². The topological polar surface area (TPSA) is 20.2 Å². The number of alkyl halides is 3. The Morgan fingerprint density at radius 1 is 1.38 bits per heavy atom. The largest absolute Gasteiger partial charge is 0.418 e. The maximum absolute atomic E-state index is 12.5. The molecule has 0 saturated heterocycles. The third-order valence-electron chi connectivity index (χ3n) is 1.71. The maximum Gasteiger partial charge on any atom is 0.418 e. The van der Waals surface area contributed by atoms with Gasteiger partial charge in [-0.25, -0.2) is 4.39 Å². The van der Waals surface area contributed by atoms with Crippen molar-refractivity contribution in [3.63, 3.8) is 0 Å². The van der Waals surface area contributed by atoms with E-state index < -0.39 is 23.7 Å². The fourth-order valence-electron chi connectivity index (χ4n) is 1.07. The summed E-state index contributed by atoms with van der Waals surface area (Å²) in [6.45, 7) is 0. The first-order chi connectivity index (χ1) is 5.91. The second-order valence-electron chi connectivity index (χ2n) is 2.78. The number of hydrogen-bond acceptors (Lipinski definition) is 1. The number of allylic oxidation sites excluding steroid dienone is 2. The second kappa shape index (κ2) is 3.49. The fraction of sp³-hybridized carbons (Fsp3) is 0.500. The van der Waals surface area contributed by atoms with Gasteiger partial charge in [0.1, 0.15) is 5.83 Å². The summed E-state index contributed by atoms with van der Waals surface area (Å²) in [5, 5.41) is 8.72. The van der Waals surface area contributed by atoms with Crippen molar-refractivity contribution in [2.75, 3.05) is 0 Å². The summed E-state index contributed by atoms with van der Waals surface area (Å²) in [5.41, 5.74) is -0.406. The van der Waals surface area contributed by atoms with Gasteiger partial charge in [0.25, 0.3) is 0 Å². The van der Waals surface area contributed by atoms with Crippen LogP contribution in [0, 0.1) is 0 Å². The van der Waals surface area contributed by atoms with Crippen LogP contribution in [-0.2, 0) is 0 Å². The van der Waals surface area contributed by atoms with E-state index in [9.17, 15) is 17.6 Å². The summed E-state index contributed by atoms with van der Waals surface area (Å²) in [6, 6.07) is 0. The molecule has 0 aromatic rings. The van der Waals surface area contributed by atoms with E-state index in [0.717, 1.165) is 6.08 Å². The van der Waals surface area contributed by atoms with Gasteiger partial charge in [-0.2, -0.15) is 13.2 Å². The van der Waals surface area contributed by atoms with Crippen LogP contribution in [0.15, 0.2) is 23.6 Å². The van der Waals surface area contributed by atoms with Crippen molar-refractivity contribution in [2.45, 2.75) is 25.1 Å². The van der Waals surface area contributed by atoms with Gasteiger partial charge in [0.2, 0.25) is 0 Å². The molecule has 0 bridgehead atoms. The van der Waals surface area contributed by atoms with Gasteiger partial charge in [0, 0.05) is 6.42 Å². The summed E-state index contributed by atoms with van der Waals surface area (Å²) in [7, 11) is 0. The molecule has 1 N–H and O–H groups in total. The fourth-order valence-corrected chi connectivity index (χ4v) is 1.07. The molecule has 1 unspecified atom stereocenters. The van der Waals surface area contributed by atoms with E-state index in [1.54, 1.807) is 0 Å². The third-order valence-corrected chi connectivity index (χ3v) is 1.71. The van der Waals surface area contributed by atoms with E-state index in [4.69, 9.17) is 5.11 Å². The smallest absolute Gasteiger partial charge is 0.379 e. The minimum absolute atomic E-state index is 0.105. The zero-order valence-corrected chi connectivity index (χ0v) is 6.61. The molecule has 0 aromatic carbocycles. The lowest BCUT2D eigenvalue weighted by Gasteiger charge is -2.17. The molecule has 1 aliphatic carbocycles. The Hall–Kier alpha value is -0.840. The Kier molecular flexibility index (Phi) is 2.75. The van der Waals surface area contributed by atoms with Gasteiger partial charge in [0.15, 0.2) is 6.10 Å². The normalized spacial score (nSPS) is 20.7. The number of aliphatic hydroxyl groups excluding tert-OH is 1. The minimum Gasteiger partial charge on any atom is -0.379 e. The van der Waals surface area contributed by atoms with Crippen molar-refractivity contribution in [3.05, 3.63) is 23.6 Å². The Labute approximate surface area is 72.4 Å². The summed E-state index contributed by atoms with van der Waals surface area (Å²) >= 11 is 0. The van der Waals surface area contributed by atoms with Gasteiger partial charge in [-0.15, -0.1) is 0 Å². The van der Waals surface area contributed by atoms with E-state index in [0.29, 0.717) is 0 Å². The zero-order chi connectivity index (χ0) is 10.1. The molecule has 1 nitrogen and oxygen atoms in total. The van der Waals surface area contributed by atoms with Crippen LogP contribution in [0.3, 0.4) is 0 Å². The Balaban J connectivity index is 2.79. The van der Waals surface area contributed by atoms with Gasteiger partial charge in [-0.05, 0) is 18.1 Å². The van der Waals surface area contributed by atoms with Crippen LogP contribution in [-0.4, -0.2) is 17.4 Å². The average Bonchev–Trinajstić information content (AvgIpc) is 2.01. The molecule has 1 aliphatic rings. The van der Waals surface area contributed by atoms with Gasteiger partial charge in [-0.3, -0.25) is 0 Å². The minimum atomic E-state index is -4.72. The molecule has 74 valence electrons. The molecule has 0 amide bonds. The Morgan fingerprint density at radius 3 is 2.46 bits per heavy atom. The molecule has 0 spiro atoms. The number of rotatable bonds is 1. The monoisotopic (exact) mass is 196 g/mol. The van der Waals surface area contributed by atoms with Crippen molar-refractivity contribution in [3.8, 4) is 0 Å². The molecule has 1 rings (SSSR count). The first-order valence-corrected chi connectivity index (χ1v) is 3.72. The van der Waals surface area contributed by atoms with E-state index in [1.807, 2.05) is 0 Å². The Bertz CT molecular complexity index is 251. The van der Waals surface area contributed by atoms with E-state index >= 15 is 0 Å². The first-order valence-electron chi connectivity index (χ1n) is 3.72. The summed E-state index contributed by atoms with van der Waals surface area (Å²) in [5.74, 6) is -0.624. The molecular weight excluding hydrogens is 188 g/mol. The molecule has 0 fully saturated rings. The quantitative estimate of drug-likeness (QED) is 0.639. The lowest BCUT2D eigenvalue weighted by atomic mass is 10.0. The van der Waals surface area contributed by atoms with Gasteiger partial charge < -0.3 is 5.11 Å². The molecule has 5 heteroatoms. The standard InChI is InChI=1S/C8H8F4O/c9-6-3-1-2-5(4-6)7(13)8(10,11)12/h2,4,7,13H,1,3H2. The highest BCUT2D eigenvalue weighted by Crippen LogP contribution is 2.29. The molecule has 13 heavy (non-hydrogen) atoms. The van der Waals surface area contributed by atoms with Crippen LogP contribution in [0.2, 0.25) is 0 Å². The van der Waals surface area contributed by atoms with Gasteiger partial charge in [-0.1, -0.05) is 6.08 Å². The summed E-state index contributed by atoms with van der Waals surface area (Å²) in [4.78, 5) is 0. The average molecular weight is 196 g/mol. The third kappa shape index (κ3) is 2.55.